The predicted molar refractivity (Wildman–Crippen MR) is 79.4 cm³/mol. The van der Waals surface area contributed by atoms with Crippen LogP contribution in [0.3, 0.4) is 0 Å². The van der Waals surface area contributed by atoms with Crippen LogP contribution >= 0.6 is 0 Å². The summed E-state index contributed by atoms with van der Waals surface area (Å²) in [7, 11) is 6.11. The molecule has 0 aliphatic carbocycles. The van der Waals surface area contributed by atoms with Gasteiger partial charge in [-0.05, 0) is 33.9 Å². The summed E-state index contributed by atoms with van der Waals surface area (Å²) in [5.41, 5.74) is 7.33. The topological polar surface area (TPSA) is 82.9 Å². The summed E-state index contributed by atoms with van der Waals surface area (Å²) >= 11 is 0. The molecule has 1 saturated heterocycles. The van der Waals surface area contributed by atoms with E-state index in [2.05, 4.69) is 34.1 Å². The van der Waals surface area contributed by atoms with Gasteiger partial charge in [0, 0.05) is 26.2 Å². The summed E-state index contributed by atoms with van der Waals surface area (Å²) < 4.78 is 1.82. The van der Waals surface area contributed by atoms with Crippen LogP contribution in [0.25, 0.3) is 0 Å². The van der Waals surface area contributed by atoms with Gasteiger partial charge in [0.25, 0.3) is 0 Å². The third kappa shape index (κ3) is 2.58. The van der Waals surface area contributed by atoms with Gasteiger partial charge in [-0.1, -0.05) is 5.16 Å². The largest absolute Gasteiger partial charge is 0.409 e. The van der Waals surface area contributed by atoms with E-state index >= 15 is 0 Å². The molecule has 7 heteroatoms. The van der Waals surface area contributed by atoms with Gasteiger partial charge in [0.1, 0.15) is 5.82 Å². The molecule has 2 heterocycles. The first-order valence-electron chi connectivity index (χ1n) is 6.88. The normalized spacial score (nSPS) is 20.8. The molecular formula is C13H24N6O. The smallest absolute Gasteiger partial charge is 0.175 e. The highest BCUT2D eigenvalue weighted by molar-refractivity contribution is 6.02. The second-order valence-corrected chi connectivity index (χ2v) is 5.60. The van der Waals surface area contributed by atoms with E-state index in [0.29, 0.717) is 6.04 Å². The van der Waals surface area contributed by atoms with Crippen molar-refractivity contribution in [2.75, 3.05) is 32.1 Å². The molecule has 3 N–H and O–H groups in total. The zero-order chi connectivity index (χ0) is 14.9. The number of anilines is 1. The maximum absolute atomic E-state index is 8.98. The zero-order valence-corrected chi connectivity index (χ0v) is 12.7. The number of nitrogens with zero attached hydrogens (tertiary/aromatic N) is 5. The van der Waals surface area contributed by atoms with Crippen LogP contribution in [0.5, 0.6) is 0 Å². The number of rotatable bonds is 3. The Labute approximate surface area is 119 Å². The highest BCUT2D eigenvalue weighted by atomic mass is 16.4. The molecule has 0 radical (unpaired) electrons. The molecule has 0 saturated carbocycles. The van der Waals surface area contributed by atoms with E-state index in [-0.39, 0.29) is 5.84 Å². The Balaban J connectivity index is 2.37. The number of hydrogen-bond acceptors (Lipinski definition) is 5. The van der Waals surface area contributed by atoms with Crippen molar-refractivity contribution in [2.24, 2.45) is 17.9 Å². The number of nitrogens with two attached hydrogens (primary N) is 1. The molecule has 2 rings (SSSR count). The number of aryl methyl sites for hydroxylation is 2. The van der Waals surface area contributed by atoms with E-state index < -0.39 is 0 Å². The number of aromatic nitrogens is 2. The molecule has 7 nitrogen and oxygen atoms in total. The Bertz CT molecular complexity index is 507. The highest BCUT2D eigenvalue weighted by Crippen LogP contribution is 2.27. The number of likely N-dealkylation sites (N-methyl/N-ethyl adjacent to an activating group) is 1. The van der Waals surface area contributed by atoms with Crippen LogP contribution in [0.2, 0.25) is 0 Å². The molecule has 1 fully saturated rings. The first kappa shape index (κ1) is 14.6. The lowest BCUT2D eigenvalue weighted by Crippen LogP contribution is -2.46. The van der Waals surface area contributed by atoms with Crippen LogP contribution in [0, 0.1) is 6.92 Å². The monoisotopic (exact) mass is 280 g/mol. The van der Waals surface area contributed by atoms with Crippen LogP contribution < -0.4 is 10.6 Å². The third-order valence-corrected chi connectivity index (χ3v) is 3.98. The molecule has 1 aromatic rings. The standard InChI is InChI=1S/C13H24N6O/c1-9-11(12(14)16-20)13(18(4)15-9)19-7-5-6-10(8-19)17(2)3/h10,20H,5-8H2,1-4H3,(H2,14,16). The molecule has 0 bridgehead atoms. The summed E-state index contributed by atoms with van der Waals surface area (Å²) in [4.78, 5) is 4.53. The van der Waals surface area contributed by atoms with Gasteiger partial charge in [-0.2, -0.15) is 5.10 Å². The maximum atomic E-state index is 8.98. The Kier molecular flexibility index (Phi) is 4.17. The summed E-state index contributed by atoms with van der Waals surface area (Å²) in [6.07, 6.45) is 2.32. The SMILES string of the molecule is Cc1nn(C)c(N2CCCC(N(C)C)C2)c1C(N)=NO. The van der Waals surface area contributed by atoms with E-state index in [1.165, 1.54) is 6.42 Å². The van der Waals surface area contributed by atoms with E-state index in [1.807, 2.05) is 18.7 Å². The molecular weight excluding hydrogens is 256 g/mol. The molecule has 20 heavy (non-hydrogen) atoms. The van der Waals surface area contributed by atoms with Crippen LogP contribution in [0.15, 0.2) is 5.16 Å². The Morgan fingerprint density at radius 2 is 2.20 bits per heavy atom. The van der Waals surface area contributed by atoms with Crippen molar-refractivity contribution in [3.05, 3.63) is 11.3 Å². The van der Waals surface area contributed by atoms with Gasteiger partial charge in [0.05, 0.1) is 11.3 Å². The lowest BCUT2D eigenvalue weighted by Gasteiger charge is -2.37. The minimum absolute atomic E-state index is 0.123. The van der Waals surface area contributed by atoms with Crippen molar-refractivity contribution in [1.82, 2.24) is 14.7 Å². The Morgan fingerprint density at radius 1 is 1.50 bits per heavy atom. The van der Waals surface area contributed by atoms with Crippen molar-refractivity contribution in [3.63, 3.8) is 0 Å². The second-order valence-electron chi connectivity index (χ2n) is 5.60. The van der Waals surface area contributed by atoms with Crippen molar-refractivity contribution in [1.29, 1.82) is 0 Å². The number of amidine groups is 1. The van der Waals surface area contributed by atoms with Crippen LogP contribution in [-0.2, 0) is 7.05 Å². The first-order chi connectivity index (χ1) is 9.45. The molecule has 0 aromatic carbocycles. The van der Waals surface area contributed by atoms with E-state index in [1.54, 1.807) is 0 Å². The fourth-order valence-electron chi connectivity index (χ4n) is 2.93. The summed E-state index contributed by atoms with van der Waals surface area (Å²) in [5.74, 6) is 1.06. The molecule has 0 spiro atoms. The number of piperidine rings is 1. The lowest BCUT2D eigenvalue weighted by molar-refractivity contribution is 0.257. The summed E-state index contributed by atoms with van der Waals surface area (Å²) in [5, 5.41) is 16.5. The zero-order valence-electron chi connectivity index (χ0n) is 12.7. The van der Waals surface area contributed by atoms with Gasteiger partial charge in [-0.15, -0.1) is 0 Å². The van der Waals surface area contributed by atoms with E-state index in [9.17, 15) is 0 Å². The van der Waals surface area contributed by atoms with Crippen molar-refractivity contribution < 1.29 is 5.21 Å². The van der Waals surface area contributed by atoms with Gasteiger partial charge >= 0.3 is 0 Å². The fourth-order valence-corrected chi connectivity index (χ4v) is 2.93. The van der Waals surface area contributed by atoms with Crippen molar-refractivity contribution >= 4 is 11.7 Å². The number of hydrogen-bond donors (Lipinski definition) is 2. The van der Waals surface area contributed by atoms with Gasteiger partial charge in [-0.3, -0.25) is 4.68 Å². The molecule has 112 valence electrons. The lowest BCUT2D eigenvalue weighted by atomic mass is 10.0. The average molecular weight is 280 g/mol. The van der Waals surface area contributed by atoms with Crippen molar-refractivity contribution in [3.8, 4) is 0 Å². The number of oxime groups is 1. The average Bonchev–Trinajstić information content (AvgIpc) is 2.72. The minimum Gasteiger partial charge on any atom is -0.409 e. The quantitative estimate of drug-likeness (QED) is 0.361. The van der Waals surface area contributed by atoms with Gasteiger partial charge in [0.15, 0.2) is 5.84 Å². The van der Waals surface area contributed by atoms with Crippen LogP contribution in [0.4, 0.5) is 5.82 Å². The fraction of sp³-hybridized carbons (Fsp3) is 0.692. The molecule has 0 amide bonds. The maximum Gasteiger partial charge on any atom is 0.175 e. The van der Waals surface area contributed by atoms with Gasteiger partial charge in [-0.25, -0.2) is 0 Å². The summed E-state index contributed by atoms with van der Waals surface area (Å²) in [6, 6.07) is 0.513. The Morgan fingerprint density at radius 3 is 2.80 bits per heavy atom. The van der Waals surface area contributed by atoms with E-state index in [0.717, 1.165) is 36.6 Å². The molecule has 1 unspecified atom stereocenters. The van der Waals surface area contributed by atoms with Crippen LogP contribution in [-0.4, -0.2) is 58.9 Å². The van der Waals surface area contributed by atoms with Crippen molar-refractivity contribution in [2.45, 2.75) is 25.8 Å². The second kappa shape index (κ2) is 5.70. The third-order valence-electron chi connectivity index (χ3n) is 3.98. The van der Waals surface area contributed by atoms with E-state index in [4.69, 9.17) is 10.9 Å². The minimum atomic E-state index is 0.123. The predicted octanol–water partition coefficient (Wildman–Crippen LogP) is 0.353. The Hall–Kier alpha value is -1.76. The van der Waals surface area contributed by atoms with Crippen LogP contribution in [0.1, 0.15) is 24.1 Å². The molecule has 1 aliphatic heterocycles. The van der Waals surface area contributed by atoms with Gasteiger partial charge in [0.2, 0.25) is 0 Å². The highest BCUT2D eigenvalue weighted by Gasteiger charge is 2.27. The first-order valence-corrected chi connectivity index (χ1v) is 6.88. The molecule has 1 aromatic heterocycles. The molecule has 1 atom stereocenters. The molecule has 1 aliphatic rings. The van der Waals surface area contributed by atoms with Gasteiger partial charge < -0.3 is 20.7 Å². The summed E-state index contributed by atoms with van der Waals surface area (Å²) in [6.45, 7) is 3.77.